The molecule has 1 fully saturated rings. The largest absolute Gasteiger partial charge is 0.480 e. The lowest BCUT2D eigenvalue weighted by Gasteiger charge is -2.20. The molecule has 1 aromatic carbocycles. The Hall–Kier alpha value is -1.97. The molecule has 1 aromatic rings. The second-order valence-electron chi connectivity index (χ2n) is 6.34. The van der Waals surface area contributed by atoms with Crippen LogP contribution in [0.4, 0.5) is 0 Å². The Bertz CT molecular complexity index is 723. The van der Waals surface area contributed by atoms with E-state index in [1.807, 2.05) is 0 Å². The molecular formula is C17H25N3O5S. The van der Waals surface area contributed by atoms with Gasteiger partial charge in [0.25, 0.3) is 0 Å². The summed E-state index contributed by atoms with van der Waals surface area (Å²) in [4.78, 5) is 23.6. The predicted octanol–water partition coefficient (Wildman–Crippen LogP) is 0.538. The van der Waals surface area contributed by atoms with E-state index >= 15 is 0 Å². The minimum atomic E-state index is -3.94. The highest BCUT2D eigenvalue weighted by molar-refractivity contribution is 7.89. The zero-order valence-corrected chi connectivity index (χ0v) is 15.3. The van der Waals surface area contributed by atoms with Gasteiger partial charge in [-0.05, 0) is 37.9 Å². The summed E-state index contributed by atoms with van der Waals surface area (Å²) in [5.41, 5.74) is 5.41. The number of sulfonamides is 1. The summed E-state index contributed by atoms with van der Waals surface area (Å²) in [5.74, 6) is -1.42. The number of rotatable bonds is 9. The smallest absolute Gasteiger partial charge is 0.322 e. The molecule has 144 valence electrons. The fourth-order valence-corrected chi connectivity index (χ4v) is 4.69. The van der Waals surface area contributed by atoms with Crippen molar-refractivity contribution in [2.24, 2.45) is 5.73 Å². The first-order valence-electron chi connectivity index (χ1n) is 8.65. The first-order valence-corrected chi connectivity index (χ1v) is 10.1. The molecule has 1 saturated heterocycles. The molecule has 1 aliphatic rings. The van der Waals surface area contributed by atoms with Crippen LogP contribution in [0.3, 0.4) is 0 Å². The SMILES string of the molecule is NCCCCCC(=O)N[C@@H]1CC(C(=O)O)N(S(=O)(=O)c2ccccc2)C1. The van der Waals surface area contributed by atoms with E-state index < -0.39 is 28.1 Å². The molecule has 1 amide bonds. The molecule has 26 heavy (non-hydrogen) atoms. The van der Waals surface area contributed by atoms with E-state index in [1.165, 1.54) is 12.1 Å². The van der Waals surface area contributed by atoms with E-state index in [9.17, 15) is 23.1 Å². The van der Waals surface area contributed by atoms with Crippen molar-refractivity contribution in [3.8, 4) is 0 Å². The van der Waals surface area contributed by atoms with Gasteiger partial charge < -0.3 is 16.2 Å². The molecule has 2 rings (SSSR count). The van der Waals surface area contributed by atoms with Crippen LogP contribution in [0.5, 0.6) is 0 Å². The highest BCUT2D eigenvalue weighted by Crippen LogP contribution is 2.26. The van der Waals surface area contributed by atoms with E-state index in [2.05, 4.69) is 5.32 Å². The number of benzene rings is 1. The van der Waals surface area contributed by atoms with Crippen molar-refractivity contribution in [2.45, 2.75) is 49.1 Å². The molecule has 4 N–H and O–H groups in total. The number of aliphatic carboxylic acids is 1. The molecular weight excluding hydrogens is 358 g/mol. The second kappa shape index (κ2) is 9.11. The van der Waals surface area contributed by atoms with Crippen LogP contribution in [0.25, 0.3) is 0 Å². The Morgan fingerprint density at radius 1 is 1.19 bits per heavy atom. The molecule has 1 unspecified atom stereocenters. The van der Waals surface area contributed by atoms with Gasteiger partial charge in [-0.2, -0.15) is 4.31 Å². The lowest BCUT2D eigenvalue weighted by Crippen LogP contribution is -2.41. The Labute approximate surface area is 153 Å². The van der Waals surface area contributed by atoms with E-state index in [0.29, 0.717) is 19.4 Å². The number of nitrogens with zero attached hydrogens (tertiary/aromatic N) is 1. The van der Waals surface area contributed by atoms with Gasteiger partial charge in [-0.1, -0.05) is 24.6 Å². The number of nitrogens with two attached hydrogens (primary N) is 1. The Morgan fingerprint density at radius 3 is 2.50 bits per heavy atom. The van der Waals surface area contributed by atoms with Crippen LogP contribution in [-0.4, -0.2) is 54.9 Å². The van der Waals surface area contributed by atoms with Gasteiger partial charge in [0.1, 0.15) is 6.04 Å². The lowest BCUT2D eigenvalue weighted by atomic mass is 10.1. The van der Waals surface area contributed by atoms with Gasteiger partial charge in [-0.3, -0.25) is 9.59 Å². The summed E-state index contributed by atoms with van der Waals surface area (Å²) >= 11 is 0. The summed E-state index contributed by atoms with van der Waals surface area (Å²) in [5, 5.41) is 12.2. The summed E-state index contributed by atoms with van der Waals surface area (Å²) in [7, 11) is -3.94. The van der Waals surface area contributed by atoms with Crippen LogP contribution in [0, 0.1) is 0 Å². The Balaban J connectivity index is 2.04. The number of hydrogen-bond donors (Lipinski definition) is 3. The first kappa shape index (κ1) is 20.3. The number of carboxylic acids is 1. The summed E-state index contributed by atoms with van der Waals surface area (Å²) < 4.78 is 26.5. The number of carboxylic acid groups (broad SMARTS) is 1. The highest BCUT2D eigenvalue weighted by Gasteiger charge is 2.44. The van der Waals surface area contributed by atoms with Crippen molar-refractivity contribution < 1.29 is 23.1 Å². The number of nitrogens with one attached hydrogen (secondary N) is 1. The predicted molar refractivity (Wildman–Crippen MR) is 95.8 cm³/mol. The van der Waals surface area contributed by atoms with E-state index in [0.717, 1.165) is 17.1 Å². The van der Waals surface area contributed by atoms with E-state index in [1.54, 1.807) is 18.2 Å². The number of hydrogen-bond acceptors (Lipinski definition) is 5. The van der Waals surface area contributed by atoms with Crippen molar-refractivity contribution in [3.63, 3.8) is 0 Å². The fraction of sp³-hybridized carbons (Fsp3) is 0.529. The molecule has 8 nitrogen and oxygen atoms in total. The van der Waals surface area contributed by atoms with Crippen molar-refractivity contribution >= 4 is 21.9 Å². The maximum atomic E-state index is 12.8. The van der Waals surface area contributed by atoms with Gasteiger partial charge in [-0.15, -0.1) is 0 Å². The minimum absolute atomic E-state index is 0.0417. The van der Waals surface area contributed by atoms with Crippen molar-refractivity contribution in [2.75, 3.05) is 13.1 Å². The Morgan fingerprint density at radius 2 is 1.88 bits per heavy atom. The van der Waals surface area contributed by atoms with Gasteiger partial charge >= 0.3 is 5.97 Å². The molecule has 0 aromatic heterocycles. The maximum absolute atomic E-state index is 12.8. The average molecular weight is 383 g/mol. The van der Waals surface area contributed by atoms with E-state index in [4.69, 9.17) is 5.73 Å². The standard InChI is InChI=1S/C17H25N3O5S/c18-10-6-2-5-9-16(21)19-13-11-15(17(22)23)20(12-13)26(24,25)14-7-3-1-4-8-14/h1,3-4,7-8,13,15H,2,5-6,9-12,18H2,(H,19,21)(H,22,23)/t13-,15?/m1/s1. The topological polar surface area (TPSA) is 130 Å². The van der Waals surface area contributed by atoms with Gasteiger partial charge in [0.15, 0.2) is 0 Å². The number of carbonyl (C=O) groups is 2. The first-order chi connectivity index (χ1) is 12.4. The normalized spacial score (nSPS) is 20.8. The van der Waals surface area contributed by atoms with Crippen molar-refractivity contribution in [1.82, 2.24) is 9.62 Å². The van der Waals surface area contributed by atoms with Crippen LogP contribution in [0.15, 0.2) is 35.2 Å². The molecule has 1 heterocycles. The highest BCUT2D eigenvalue weighted by atomic mass is 32.2. The Kier molecular flexibility index (Phi) is 7.13. The zero-order valence-electron chi connectivity index (χ0n) is 14.5. The molecule has 2 atom stereocenters. The number of carbonyl (C=O) groups excluding carboxylic acids is 1. The summed E-state index contributed by atoms with van der Waals surface area (Å²) in [6.45, 7) is 0.527. The van der Waals surface area contributed by atoms with E-state index in [-0.39, 0.29) is 23.8 Å². The van der Waals surface area contributed by atoms with Gasteiger partial charge in [0, 0.05) is 19.0 Å². The van der Waals surface area contributed by atoms with Gasteiger partial charge in [0.2, 0.25) is 15.9 Å². The van der Waals surface area contributed by atoms with Crippen LogP contribution in [-0.2, 0) is 19.6 Å². The maximum Gasteiger partial charge on any atom is 0.322 e. The minimum Gasteiger partial charge on any atom is -0.480 e. The fourth-order valence-electron chi connectivity index (χ4n) is 3.03. The molecule has 9 heteroatoms. The average Bonchev–Trinajstić information content (AvgIpc) is 3.04. The van der Waals surface area contributed by atoms with Crippen molar-refractivity contribution in [3.05, 3.63) is 30.3 Å². The second-order valence-corrected chi connectivity index (χ2v) is 8.23. The van der Waals surface area contributed by atoms with Crippen LogP contribution in [0.1, 0.15) is 32.1 Å². The van der Waals surface area contributed by atoms with Crippen LogP contribution in [0.2, 0.25) is 0 Å². The van der Waals surface area contributed by atoms with Crippen molar-refractivity contribution in [1.29, 1.82) is 0 Å². The molecule has 0 radical (unpaired) electrons. The summed E-state index contributed by atoms with van der Waals surface area (Å²) in [6.07, 6.45) is 2.77. The monoisotopic (exact) mass is 383 g/mol. The van der Waals surface area contributed by atoms with Crippen LogP contribution < -0.4 is 11.1 Å². The lowest BCUT2D eigenvalue weighted by molar-refractivity contribution is -0.140. The van der Waals surface area contributed by atoms with Gasteiger partial charge in [-0.25, -0.2) is 8.42 Å². The molecule has 0 bridgehead atoms. The third-order valence-corrected chi connectivity index (χ3v) is 6.25. The quantitative estimate of drug-likeness (QED) is 0.534. The molecule has 0 saturated carbocycles. The van der Waals surface area contributed by atoms with Gasteiger partial charge in [0.05, 0.1) is 4.90 Å². The molecule has 0 aliphatic carbocycles. The molecule has 1 aliphatic heterocycles. The summed E-state index contributed by atoms with van der Waals surface area (Å²) in [6, 6.07) is 6.00. The molecule has 0 spiro atoms. The number of unbranched alkanes of at least 4 members (excludes halogenated alkanes) is 2. The zero-order chi connectivity index (χ0) is 19.2. The van der Waals surface area contributed by atoms with Crippen LogP contribution >= 0.6 is 0 Å². The number of amides is 1. The third kappa shape index (κ3) is 5.03. The third-order valence-electron chi connectivity index (χ3n) is 4.36.